The molecular weight excluding hydrogens is 1760 g/mol. The Bertz CT molecular complexity index is 6190. The van der Waals surface area contributed by atoms with Gasteiger partial charge >= 0.3 is 0 Å². The molecular formula is C93H123ClN18O14S4. The van der Waals surface area contributed by atoms with Crippen LogP contribution in [0.2, 0.25) is 5.02 Å². The molecule has 4 atom stereocenters. The van der Waals surface area contributed by atoms with Crippen molar-refractivity contribution in [3.8, 4) is 0 Å². The summed E-state index contributed by atoms with van der Waals surface area (Å²) in [4.78, 5) is 78.2. The molecule has 0 saturated heterocycles. The first-order chi connectivity index (χ1) is 59.4. The minimum atomic E-state index is -3.74. The van der Waals surface area contributed by atoms with E-state index in [-0.39, 0.29) is 84.7 Å². The number of anilines is 3. The van der Waals surface area contributed by atoms with Crippen LogP contribution in [-0.2, 0) is 94.6 Å². The third-order valence-corrected chi connectivity index (χ3v) is 23.3. The highest BCUT2D eigenvalue weighted by Gasteiger charge is 2.32. The molecule has 0 aliphatic rings. The number of imidazole rings is 3. The van der Waals surface area contributed by atoms with E-state index in [2.05, 4.69) is 65.6 Å². The first kappa shape index (κ1) is 107. The Labute approximate surface area is 771 Å². The number of halogens is 1. The molecule has 17 N–H and O–H groups in total. The van der Waals surface area contributed by atoms with E-state index < -0.39 is 76.4 Å². The SMILES string of the molecule is C.C.C.C.CC(C)(N)C(=O)N[C@H](COCc1ccccc1)c1nc2ccc(Cl)cc2[nH]1.CC(C)(N)C(=O)N[C@H](COCc1ccccc1)c1nc2ccc(NS(=O)(=O)c3ccccc3)cc2[nH]1.CC(C)(N)C(=O)N[C@H](COCc1ccccc1)c1nc2ccc(NS(C)(=O)=O)cc2[nH]1.CN(c1ccc2sc([C@@H](COCc3ccccc3)NC(=O)C(C)(C)N)nc2c1)S(C)(=O)=O. The highest BCUT2D eigenvalue weighted by Crippen LogP contribution is 2.32. The highest BCUT2D eigenvalue weighted by atomic mass is 35.5. The molecule has 700 valence electrons. The Morgan fingerprint density at radius 1 is 0.408 bits per heavy atom. The average molecular weight is 1880 g/mol. The minimum Gasteiger partial charge on any atom is -0.374 e. The maximum Gasteiger partial charge on any atom is 0.261 e. The van der Waals surface area contributed by atoms with Crippen LogP contribution < -0.4 is 58.0 Å². The number of nitrogens with two attached hydrogens (primary N) is 4. The van der Waals surface area contributed by atoms with Gasteiger partial charge in [0.05, 0.1) is 153 Å². The van der Waals surface area contributed by atoms with Crippen molar-refractivity contribution in [2.45, 2.75) is 163 Å². The second-order valence-corrected chi connectivity index (χ2v) is 39.2. The molecule has 32 nitrogen and oxygen atoms in total. The Morgan fingerprint density at radius 2 is 0.723 bits per heavy atom. The number of aromatic amines is 3. The summed E-state index contributed by atoms with van der Waals surface area (Å²) < 4.78 is 103. The number of benzene rings is 9. The molecule has 4 aromatic heterocycles. The van der Waals surface area contributed by atoms with Crippen molar-refractivity contribution in [2.24, 2.45) is 22.9 Å². The van der Waals surface area contributed by atoms with E-state index in [1.165, 1.54) is 34.8 Å². The van der Waals surface area contributed by atoms with E-state index in [0.717, 1.165) is 50.5 Å². The number of carbonyl (C=O) groups excluding carboxylic acids is 4. The summed E-state index contributed by atoms with van der Waals surface area (Å²) in [6, 6.07) is 65.6. The summed E-state index contributed by atoms with van der Waals surface area (Å²) in [7, 11) is -9.03. The number of hydrogen-bond donors (Lipinski definition) is 13. The number of aromatic nitrogens is 7. The molecule has 0 spiro atoms. The van der Waals surface area contributed by atoms with Crippen LogP contribution in [0.15, 0.2) is 229 Å². The predicted molar refractivity (Wildman–Crippen MR) is 520 cm³/mol. The Kier molecular flexibility index (Phi) is 39.0. The molecule has 0 aliphatic heterocycles. The van der Waals surface area contributed by atoms with Crippen LogP contribution in [-0.4, -0.2) is 152 Å². The molecule has 0 fully saturated rings. The number of thiazole rings is 1. The van der Waals surface area contributed by atoms with Gasteiger partial charge in [0.2, 0.25) is 43.7 Å². The van der Waals surface area contributed by atoms with E-state index in [0.29, 0.717) is 98.6 Å². The number of H-pyrrole nitrogens is 3. The predicted octanol–water partition coefficient (Wildman–Crippen LogP) is 14.2. The molecule has 0 unspecified atom stereocenters. The van der Waals surface area contributed by atoms with Gasteiger partial charge in [-0.05, 0) is 163 Å². The van der Waals surface area contributed by atoms with Gasteiger partial charge in [0.1, 0.15) is 46.6 Å². The quantitative estimate of drug-likeness (QED) is 0.0175. The van der Waals surface area contributed by atoms with Crippen molar-refractivity contribution in [2.75, 3.05) is 59.7 Å². The fourth-order valence-electron chi connectivity index (χ4n) is 11.8. The summed E-state index contributed by atoms with van der Waals surface area (Å²) in [5.41, 5.74) is 29.6. The molecule has 4 heterocycles. The molecule has 13 rings (SSSR count). The normalized spacial score (nSPS) is 12.6. The molecule has 0 saturated carbocycles. The zero-order chi connectivity index (χ0) is 91.4. The largest absolute Gasteiger partial charge is 0.374 e. The monoisotopic (exact) mass is 1880 g/mol. The third-order valence-electron chi connectivity index (χ3n) is 18.8. The lowest BCUT2D eigenvalue weighted by Gasteiger charge is -2.23. The topological polar surface area (TPSA) is 486 Å². The van der Waals surface area contributed by atoms with E-state index in [9.17, 15) is 44.4 Å². The Morgan fingerprint density at radius 3 is 1.06 bits per heavy atom. The summed E-state index contributed by atoms with van der Waals surface area (Å²) >= 11 is 7.46. The first-order valence-electron chi connectivity index (χ1n) is 39.8. The number of sulfonamides is 3. The number of amides is 4. The third kappa shape index (κ3) is 32.5. The summed E-state index contributed by atoms with van der Waals surface area (Å²) in [6.07, 6.45) is 2.23. The standard InChI is InChI=1S/C26H29N5O4S.C22H28N4O4S2.C21H27N5O4S.C20H23ClN4O2.4CH4/c1-26(2,27)25(32)30-23(17-35-16-18-9-5-3-6-10-18)24-28-21-14-13-19(15-22(21)29-24)31-36(33,34)20-11-7-4-8-12-20;1-22(2,23)21(27)25-18(14-30-13-15-8-6-5-7-9-15)20-24-17-12-16(10-11-19(17)31-20)26(3)32(4,28)29;1-21(2,22)20(27)25-18(13-30-12-14-7-5-4-6-8-14)19-23-16-10-9-15(11-17(16)24-19)26-31(3,28)29;1-20(2,22)19(26)25-17(12-27-11-13-6-4-3-5-7-13)18-23-15-9-8-14(21)10-16(15)24-18;;;;/h3-15,23,31H,16-17,27H2,1-2H3,(H,28,29)(H,30,32);5-12,18H,13-14,23H2,1-4H3,(H,25,27);4-11,18,26H,12-13,22H2,1-3H3,(H,23,24)(H,25,27);3-10,17H,11-12,22H2,1-2H3,(H,23,24)(H,25,26);4*1H4/t23-;2*18-;17-;;;;/m1111..../s1. The van der Waals surface area contributed by atoms with Crippen LogP contribution >= 0.6 is 22.9 Å². The number of carbonyl (C=O) groups is 4. The summed E-state index contributed by atoms with van der Waals surface area (Å²) in [5, 5.41) is 12.9. The highest BCUT2D eigenvalue weighted by molar-refractivity contribution is 7.93. The molecule has 9 aromatic carbocycles. The van der Waals surface area contributed by atoms with Crippen LogP contribution in [0.1, 0.15) is 154 Å². The van der Waals surface area contributed by atoms with Gasteiger partial charge in [-0.2, -0.15) is 0 Å². The first-order valence-corrected chi connectivity index (χ1v) is 46.2. The minimum absolute atomic E-state index is 0. The van der Waals surface area contributed by atoms with Gasteiger partial charge < -0.3 is 78.1 Å². The number of rotatable bonds is 35. The van der Waals surface area contributed by atoms with E-state index in [1.54, 1.807) is 134 Å². The molecule has 13 aromatic rings. The lowest BCUT2D eigenvalue weighted by molar-refractivity contribution is -0.127. The lowest BCUT2D eigenvalue weighted by atomic mass is 10.1. The van der Waals surface area contributed by atoms with E-state index in [4.69, 9.17) is 53.5 Å². The fourth-order valence-corrected chi connectivity index (χ4v) is 15.1. The maximum atomic E-state index is 12.7. The van der Waals surface area contributed by atoms with Crippen molar-refractivity contribution in [3.63, 3.8) is 0 Å². The van der Waals surface area contributed by atoms with Gasteiger partial charge in [0, 0.05) is 12.1 Å². The zero-order valence-electron chi connectivity index (χ0n) is 71.6. The van der Waals surface area contributed by atoms with E-state index >= 15 is 0 Å². The molecule has 130 heavy (non-hydrogen) atoms. The smallest absolute Gasteiger partial charge is 0.261 e. The molecule has 0 radical (unpaired) electrons. The number of nitrogens with one attached hydrogen (secondary N) is 9. The summed E-state index contributed by atoms with van der Waals surface area (Å²) in [6.45, 7) is 15.4. The van der Waals surface area contributed by atoms with Crippen LogP contribution in [0.5, 0.6) is 0 Å². The lowest BCUT2D eigenvalue weighted by Crippen LogP contribution is -2.50. The second-order valence-electron chi connectivity index (χ2n) is 32.2. The van der Waals surface area contributed by atoms with Gasteiger partial charge in [-0.3, -0.25) is 32.9 Å². The van der Waals surface area contributed by atoms with Gasteiger partial charge in [-0.1, -0.05) is 181 Å². The van der Waals surface area contributed by atoms with Gasteiger partial charge in [0.25, 0.3) is 10.0 Å². The Hall–Kier alpha value is -11.6. The molecule has 4 amide bonds. The number of hydrogen-bond acceptors (Lipinski definition) is 23. The van der Waals surface area contributed by atoms with Crippen molar-refractivity contribution in [3.05, 3.63) is 274 Å². The summed E-state index contributed by atoms with van der Waals surface area (Å²) in [5.74, 6) is 0.249. The average Bonchev–Trinajstić information content (AvgIpc) is 1.66. The second kappa shape index (κ2) is 47.3. The van der Waals surface area contributed by atoms with Gasteiger partial charge in [0.15, 0.2) is 0 Å². The van der Waals surface area contributed by atoms with E-state index in [1.807, 2.05) is 133 Å². The van der Waals surface area contributed by atoms with Crippen molar-refractivity contribution >= 4 is 137 Å². The van der Waals surface area contributed by atoms with Crippen LogP contribution in [0, 0.1) is 0 Å². The zero-order valence-corrected chi connectivity index (χ0v) is 75.6. The molecule has 37 heteroatoms. The Balaban J connectivity index is 0.000000266. The van der Waals surface area contributed by atoms with Crippen molar-refractivity contribution in [1.82, 2.24) is 56.2 Å². The van der Waals surface area contributed by atoms with Crippen molar-refractivity contribution in [1.29, 1.82) is 0 Å². The number of ether oxygens (including phenoxy) is 4. The molecule has 0 bridgehead atoms. The number of fused-ring (bicyclic) bond motifs is 4. The number of nitrogens with zero attached hydrogens (tertiary/aromatic N) is 5. The van der Waals surface area contributed by atoms with Gasteiger partial charge in [-0.15, -0.1) is 11.3 Å². The van der Waals surface area contributed by atoms with Crippen LogP contribution in [0.25, 0.3) is 43.3 Å². The maximum absolute atomic E-state index is 12.7. The van der Waals surface area contributed by atoms with Crippen LogP contribution in [0.3, 0.4) is 0 Å². The fraction of sp³-hybridized carbons (Fsp3) is 0.333. The van der Waals surface area contributed by atoms with Gasteiger partial charge in [-0.25, -0.2) is 45.2 Å². The van der Waals surface area contributed by atoms with Crippen LogP contribution in [0.4, 0.5) is 17.1 Å². The van der Waals surface area contributed by atoms with Crippen molar-refractivity contribution < 1.29 is 63.4 Å². The molecule has 0 aliphatic carbocycles.